The monoisotopic (exact) mass is 402 g/mol. The van der Waals surface area contributed by atoms with Gasteiger partial charge >= 0.3 is 0 Å². The van der Waals surface area contributed by atoms with Gasteiger partial charge in [-0.05, 0) is 74.2 Å². The van der Waals surface area contributed by atoms with E-state index in [0.29, 0.717) is 11.8 Å². The van der Waals surface area contributed by atoms with Crippen molar-refractivity contribution in [2.24, 2.45) is 21.8 Å². The molecule has 2 fully saturated rings. The predicted octanol–water partition coefficient (Wildman–Crippen LogP) is 6.86. The lowest BCUT2D eigenvalue weighted by Crippen LogP contribution is -2.32. The van der Waals surface area contributed by atoms with Crippen LogP contribution in [0.3, 0.4) is 0 Å². The zero-order valence-corrected chi connectivity index (χ0v) is 17.9. The molecule has 2 aromatic carbocycles. The fourth-order valence-corrected chi connectivity index (χ4v) is 4.84. The van der Waals surface area contributed by atoms with Crippen molar-refractivity contribution in [2.45, 2.75) is 64.2 Å². The predicted molar refractivity (Wildman–Crippen MR) is 129 cm³/mol. The summed E-state index contributed by atoms with van der Waals surface area (Å²) >= 11 is 0. The Hall–Kier alpha value is -2.62. The minimum Gasteiger partial charge on any atom is -0.399 e. The van der Waals surface area contributed by atoms with Crippen molar-refractivity contribution in [3.8, 4) is 0 Å². The summed E-state index contributed by atoms with van der Waals surface area (Å²) in [4.78, 5) is 10.4. The summed E-state index contributed by atoms with van der Waals surface area (Å²) in [6.07, 6.45) is 12.6. The van der Waals surface area contributed by atoms with E-state index in [4.69, 9.17) is 21.5 Å². The second-order valence-electron chi connectivity index (χ2n) is 8.85. The molecule has 30 heavy (non-hydrogen) atoms. The van der Waals surface area contributed by atoms with E-state index in [-0.39, 0.29) is 0 Å². The van der Waals surface area contributed by atoms with Gasteiger partial charge in [-0.15, -0.1) is 0 Å². The molecule has 0 aromatic heterocycles. The van der Waals surface area contributed by atoms with Gasteiger partial charge < -0.3 is 11.5 Å². The maximum atomic E-state index is 5.91. The molecular formula is C26H34N4. The van der Waals surface area contributed by atoms with Crippen LogP contribution in [0.15, 0.2) is 58.5 Å². The van der Waals surface area contributed by atoms with Gasteiger partial charge in [0.15, 0.2) is 0 Å². The molecule has 0 atom stereocenters. The molecule has 4 heteroatoms. The highest BCUT2D eigenvalue weighted by molar-refractivity contribution is 6.44. The number of anilines is 2. The number of rotatable bonds is 5. The summed E-state index contributed by atoms with van der Waals surface area (Å²) in [6.45, 7) is 0. The third kappa shape index (κ3) is 5.29. The van der Waals surface area contributed by atoms with Crippen molar-refractivity contribution in [1.29, 1.82) is 0 Å². The van der Waals surface area contributed by atoms with Crippen LogP contribution in [0.5, 0.6) is 0 Å². The van der Waals surface area contributed by atoms with Crippen molar-refractivity contribution in [3.05, 3.63) is 48.5 Å². The number of aliphatic imine (C=N–C) groups is 2. The molecule has 0 radical (unpaired) electrons. The summed E-state index contributed by atoms with van der Waals surface area (Å²) in [5.41, 5.74) is 17.7. The Morgan fingerprint density at radius 3 is 1.20 bits per heavy atom. The van der Waals surface area contributed by atoms with Crippen LogP contribution in [0.25, 0.3) is 0 Å². The van der Waals surface area contributed by atoms with Crippen LogP contribution in [0.2, 0.25) is 0 Å². The number of hydrogen-bond donors (Lipinski definition) is 2. The third-order valence-corrected chi connectivity index (χ3v) is 6.53. The Kier molecular flexibility index (Phi) is 6.83. The van der Waals surface area contributed by atoms with Gasteiger partial charge in [-0.2, -0.15) is 0 Å². The Bertz CT molecular complexity index is 793. The molecule has 4 rings (SSSR count). The quantitative estimate of drug-likeness (QED) is 0.423. The third-order valence-electron chi connectivity index (χ3n) is 6.53. The van der Waals surface area contributed by atoms with Crippen LogP contribution in [-0.4, -0.2) is 11.4 Å². The number of nitrogens with zero attached hydrogens (tertiary/aromatic N) is 2. The SMILES string of the molecule is Nc1ccc(/N=C(/C(=N/c2ccc(N)cc2)C2CCCCC2)C2CCCCC2)cc1. The lowest BCUT2D eigenvalue weighted by atomic mass is 9.77. The number of nitrogens with two attached hydrogens (primary N) is 2. The molecule has 0 heterocycles. The van der Waals surface area contributed by atoms with Crippen LogP contribution in [0.4, 0.5) is 22.7 Å². The average molecular weight is 403 g/mol. The van der Waals surface area contributed by atoms with Gasteiger partial charge in [0, 0.05) is 23.2 Å². The van der Waals surface area contributed by atoms with Gasteiger partial charge in [0.1, 0.15) is 0 Å². The summed E-state index contributed by atoms with van der Waals surface area (Å²) in [5.74, 6) is 0.983. The summed E-state index contributed by atoms with van der Waals surface area (Å²) in [6, 6.07) is 15.9. The average Bonchev–Trinajstić information content (AvgIpc) is 2.80. The molecule has 0 spiro atoms. The number of nitrogen functional groups attached to an aromatic ring is 2. The number of benzene rings is 2. The lowest BCUT2D eigenvalue weighted by molar-refractivity contribution is 0.429. The first-order valence-electron chi connectivity index (χ1n) is 11.6. The first kappa shape index (κ1) is 20.6. The number of hydrogen-bond acceptors (Lipinski definition) is 4. The molecule has 0 unspecified atom stereocenters. The van der Waals surface area contributed by atoms with E-state index in [1.165, 1.54) is 75.6 Å². The molecule has 0 saturated heterocycles. The topological polar surface area (TPSA) is 76.8 Å². The van der Waals surface area contributed by atoms with Crippen LogP contribution < -0.4 is 11.5 Å². The van der Waals surface area contributed by atoms with Gasteiger partial charge in [-0.25, -0.2) is 0 Å². The lowest BCUT2D eigenvalue weighted by Gasteiger charge is -2.30. The van der Waals surface area contributed by atoms with Crippen LogP contribution in [0, 0.1) is 11.8 Å². The molecule has 158 valence electrons. The smallest absolute Gasteiger partial charge is 0.0659 e. The second kappa shape index (κ2) is 9.92. The van der Waals surface area contributed by atoms with Crippen molar-refractivity contribution >= 4 is 34.2 Å². The summed E-state index contributed by atoms with van der Waals surface area (Å²) < 4.78 is 0. The molecule has 2 aliphatic rings. The van der Waals surface area contributed by atoms with Gasteiger partial charge in [0.25, 0.3) is 0 Å². The zero-order valence-electron chi connectivity index (χ0n) is 17.9. The van der Waals surface area contributed by atoms with E-state index < -0.39 is 0 Å². The van der Waals surface area contributed by atoms with Gasteiger partial charge in [0.05, 0.1) is 22.8 Å². The molecule has 2 aliphatic carbocycles. The van der Waals surface area contributed by atoms with E-state index in [0.717, 1.165) is 22.7 Å². The highest BCUT2D eigenvalue weighted by Gasteiger charge is 2.29. The van der Waals surface area contributed by atoms with Crippen molar-refractivity contribution < 1.29 is 0 Å². The molecule has 2 saturated carbocycles. The van der Waals surface area contributed by atoms with Gasteiger partial charge in [-0.3, -0.25) is 9.98 Å². The highest BCUT2D eigenvalue weighted by Crippen LogP contribution is 2.33. The standard InChI is InChI=1S/C26H34N4/c27-21-11-15-23(16-12-21)29-25(19-7-3-1-4-8-19)26(20-9-5-2-6-10-20)30-24-17-13-22(28)14-18-24/h11-20H,1-10,27-28H2/b29-25+,30-26+. The molecule has 0 amide bonds. The fraction of sp³-hybridized carbons (Fsp3) is 0.462. The Morgan fingerprint density at radius 1 is 0.533 bits per heavy atom. The van der Waals surface area contributed by atoms with E-state index in [1.54, 1.807) is 0 Å². The van der Waals surface area contributed by atoms with E-state index in [1.807, 2.05) is 48.5 Å². The molecular weight excluding hydrogens is 368 g/mol. The minimum atomic E-state index is 0.491. The van der Waals surface area contributed by atoms with Gasteiger partial charge in [0.2, 0.25) is 0 Å². The maximum absolute atomic E-state index is 5.91. The molecule has 4 nitrogen and oxygen atoms in total. The first-order valence-corrected chi connectivity index (χ1v) is 11.6. The first-order chi connectivity index (χ1) is 14.7. The second-order valence-corrected chi connectivity index (χ2v) is 8.85. The van der Waals surface area contributed by atoms with Crippen LogP contribution in [0.1, 0.15) is 64.2 Å². The molecule has 4 N–H and O–H groups in total. The minimum absolute atomic E-state index is 0.491. The normalized spacial score (nSPS) is 19.7. The largest absolute Gasteiger partial charge is 0.399 e. The zero-order chi connectivity index (χ0) is 20.8. The molecule has 0 bridgehead atoms. The van der Waals surface area contributed by atoms with Crippen LogP contribution in [-0.2, 0) is 0 Å². The van der Waals surface area contributed by atoms with Crippen LogP contribution >= 0.6 is 0 Å². The Morgan fingerprint density at radius 2 is 0.867 bits per heavy atom. The Balaban J connectivity index is 1.78. The maximum Gasteiger partial charge on any atom is 0.0659 e. The van der Waals surface area contributed by atoms with Crippen molar-refractivity contribution in [2.75, 3.05) is 11.5 Å². The van der Waals surface area contributed by atoms with E-state index in [2.05, 4.69) is 0 Å². The fourth-order valence-electron chi connectivity index (χ4n) is 4.84. The van der Waals surface area contributed by atoms with E-state index in [9.17, 15) is 0 Å². The summed E-state index contributed by atoms with van der Waals surface area (Å²) in [7, 11) is 0. The Labute approximate surface area is 180 Å². The van der Waals surface area contributed by atoms with Gasteiger partial charge in [-0.1, -0.05) is 38.5 Å². The van der Waals surface area contributed by atoms with Crippen molar-refractivity contribution in [1.82, 2.24) is 0 Å². The molecule has 0 aliphatic heterocycles. The molecule has 2 aromatic rings. The van der Waals surface area contributed by atoms with E-state index >= 15 is 0 Å². The summed E-state index contributed by atoms with van der Waals surface area (Å²) in [5, 5.41) is 0. The highest BCUT2D eigenvalue weighted by atomic mass is 14.8. The van der Waals surface area contributed by atoms with Crippen molar-refractivity contribution in [3.63, 3.8) is 0 Å².